The minimum absolute atomic E-state index is 0.0463. The van der Waals surface area contributed by atoms with Crippen LogP contribution in [0.2, 0.25) is 0 Å². The first-order chi connectivity index (χ1) is 13.6. The van der Waals surface area contributed by atoms with Gasteiger partial charge in [-0.15, -0.1) is 0 Å². The number of aryl methyl sites for hydroxylation is 1. The summed E-state index contributed by atoms with van der Waals surface area (Å²) in [6.45, 7) is 4.58. The molecular weight excluding hydrogens is 354 g/mol. The summed E-state index contributed by atoms with van der Waals surface area (Å²) in [5.41, 5.74) is 2.25. The molecular formula is C22H27N3O3. The van der Waals surface area contributed by atoms with Crippen molar-refractivity contribution in [3.8, 4) is 0 Å². The Bertz CT molecular complexity index is 786. The zero-order valence-corrected chi connectivity index (χ0v) is 16.3. The Balaban J connectivity index is 1.31. The van der Waals surface area contributed by atoms with Crippen molar-refractivity contribution < 1.29 is 14.3 Å². The van der Waals surface area contributed by atoms with Crippen LogP contribution in [0.25, 0.3) is 0 Å². The Hall–Kier alpha value is -2.31. The van der Waals surface area contributed by atoms with Crippen LogP contribution in [0.15, 0.2) is 42.7 Å². The third kappa shape index (κ3) is 4.39. The molecule has 2 aliphatic heterocycles. The molecule has 28 heavy (non-hydrogen) atoms. The predicted octanol–water partition coefficient (Wildman–Crippen LogP) is 3.16. The second-order valence-corrected chi connectivity index (χ2v) is 7.78. The van der Waals surface area contributed by atoms with Gasteiger partial charge in [0, 0.05) is 32.3 Å². The number of likely N-dealkylation sites (tertiary alicyclic amines) is 1. The van der Waals surface area contributed by atoms with Gasteiger partial charge < -0.3 is 14.4 Å². The van der Waals surface area contributed by atoms with Gasteiger partial charge in [-0.05, 0) is 31.7 Å². The van der Waals surface area contributed by atoms with Gasteiger partial charge in [0.2, 0.25) is 0 Å². The number of nitrogens with zero attached hydrogens (tertiary/aromatic N) is 3. The van der Waals surface area contributed by atoms with E-state index in [0.717, 1.165) is 38.0 Å². The van der Waals surface area contributed by atoms with E-state index in [-0.39, 0.29) is 17.6 Å². The van der Waals surface area contributed by atoms with E-state index in [1.54, 1.807) is 12.4 Å². The highest BCUT2D eigenvalue weighted by atomic mass is 16.5. The zero-order valence-electron chi connectivity index (χ0n) is 16.3. The molecule has 1 atom stereocenters. The maximum absolute atomic E-state index is 12.7. The van der Waals surface area contributed by atoms with Gasteiger partial charge >= 0.3 is 0 Å². The molecule has 2 aromatic rings. The van der Waals surface area contributed by atoms with Gasteiger partial charge in [0.1, 0.15) is 5.69 Å². The molecule has 0 N–H and O–H groups in total. The highest BCUT2D eigenvalue weighted by Crippen LogP contribution is 2.36. The number of carbonyl (C=O) groups excluding carboxylic acids is 1. The van der Waals surface area contributed by atoms with Crippen molar-refractivity contribution in [2.24, 2.45) is 0 Å². The molecule has 4 rings (SSSR count). The van der Waals surface area contributed by atoms with Crippen molar-refractivity contribution in [1.29, 1.82) is 0 Å². The molecule has 2 saturated heterocycles. The highest BCUT2D eigenvalue weighted by molar-refractivity contribution is 5.92. The van der Waals surface area contributed by atoms with Crippen molar-refractivity contribution in [2.75, 3.05) is 19.7 Å². The standard InChI is InChI=1S/C22H27N3O3/c1-17-14-24-20(15-23-17)21(26)25-10-8-22(9-11-25)13-19(7-12-28-22)27-16-18-5-3-2-4-6-18/h2-6,14-15,19H,7-13,16H2,1H3. The summed E-state index contributed by atoms with van der Waals surface area (Å²) in [5.74, 6) is -0.0463. The van der Waals surface area contributed by atoms with Crippen molar-refractivity contribution >= 4 is 5.91 Å². The quantitative estimate of drug-likeness (QED) is 0.814. The fourth-order valence-corrected chi connectivity index (χ4v) is 4.04. The first kappa shape index (κ1) is 19.0. The Morgan fingerprint density at radius 3 is 2.71 bits per heavy atom. The van der Waals surface area contributed by atoms with Gasteiger partial charge in [0.25, 0.3) is 5.91 Å². The molecule has 1 amide bonds. The van der Waals surface area contributed by atoms with Crippen molar-refractivity contribution in [2.45, 2.75) is 50.9 Å². The summed E-state index contributed by atoms with van der Waals surface area (Å²) in [6.07, 6.45) is 6.90. The Labute approximate surface area is 165 Å². The van der Waals surface area contributed by atoms with E-state index < -0.39 is 0 Å². The minimum Gasteiger partial charge on any atom is -0.375 e. The normalized spacial score (nSPS) is 21.6. The zero-order chi connectivity index (χ0) is 19.4. The number of rotatable bonds is 4. The maximum atomic E-state index is 12.7. The number of carbonyl (C=O) groups is 1. The average Bonchev–Trinajstić information content (AvgIpc) is 2.74. The smallest absolute Gasteiger partial charge is 0.274 e. The summed E-state index contributed by atoms with van der Waals surface area (Å²) >= 11 is 0. The lowest BCUT2D eigenvalue weighted by Crippen LogP contribution is -2.52. The number of ether oxygens (including phenoxy) is 2. The molecule has 6 heteroatoms. The molecule has 0 bridgehead atoms. The molecule has 148 valence electrons. The fourth-order valence-electron chi connectivity index (χ4n) is 4.04. The first-order valence-corrected chi connectivity index (χ1v) is 10.0. The second kappa shape index (κ2) is 8.37. The molecule has 6 nitrogen and oxygen atoms in total. The van der Waals surface area contributed by atoms with Gasteiger partial charge in [-0.2, -0.15) is 0 Å². The van der Waals surface area contributed by atoms with E-state index in [2.05, 4.69) is 22.1 Å². The number of aromatic nitrogens is 2. The molecule has 2 fully saturated rings. The number of hydrogen-bond donors (Lipinski definition) is 0. The van der Waals surface area contributed by atoms with E-state index in [1.165, 1.54) is 5.56 Å². The predicted molar refractivity (Wildman–Crippen MR) is 105 cm³/mol. The molecule has 1 aromatic heterocycles. The van der Waals surface area contributed by atoms with Gasteiger partial charge in [-0.25, -0.2) is 4.98 Å². The Morgan fingerprint density at radius 2 is 2.00 bits per heavy atom. The molecule has 0 saturated carbocycles. The van der Waals surface area contributed by atoms with Crippen LogP contribution in [0.5, 0.6) is 0 Å². The number of amides is 1. The van der Waals surface area contributed by atoms with Crippen LogP contribution >= 0.6 is 0 Å². The summed E-state index contributed by atoms with van der Waals surface area (Å²) in [4.78, 5) is 22.9. The lowest BCUT2D eigenvalue weighted by Gasteiger charge is -2.46. The van der Waals surface area contributed by atoms with Crippen LogP contribution in [0.3, 0.4) is 0 Å². The van der Waals surface area contributed by atoms with Crippen LogP contribution in [0, 0.1) is 6.92 Å². The van der Waals surface area contributed by atoms with E-state index in [4.69, 9.17) is 9.47 Å². The minimum atomic E-state index is -0.171. The SMILES string of the molecule is Cc1cnc(C(=O)N2CCC3(CC2)CC(OCc2ccccc2)CCO3)cn1. The third-order valence-corrected chi connectivity index (χ3v) is 5.74. The van der Waals surface area contributed by atoms with Crippen molar-refractivity contribution in [3.63, 3.8) is 0 Å². The summed E-state index contributed by atoms with van der Waals surface area (Å²) < 4.78 is 12.4. The molecule has 1 aromatic carbocycles. The largest absolute Gasteiger partial charge is 0.375 e. The summed E-state index contributed by atoms with van der Waals surface area (Å²) in [5, 5.41) is 0. The molecule has 1 unspecified atom stereocenters. The van der Waals surface area contributed by atoms with Crippen molar-refractivity contribution in [1.82, 2.24) is 14.9 Å². The van der Waals surface area contributed by atoms with Gasteiger partial charge in [-0.3, -0.25) is 9.78 Å². The first-order valence-electron chi connectivity index (χ1n) is 10.0. The lowest BCUT2D eigenvalue weighted by molar-refractivity contribution is -0.154. The topological polar surface area (TPSA) is 64.6 Å². The fraction of sp³-hybridized carbons (Fsp3) is 0.500. The molecule has 0 radical (unpaired) electrons. The van der Waals surface area contributed by atoms with Gasteiger partial charge in [-0.1, -0.05) is 30.3 Å². The maximum Gasteiger partial charge on any atom is 0.274 e. The molecule has 3 heterocycles. The van der Waals surface area contributed by atoms with Crippen LogP contribution in [0.4, 0.5) is 0 Å². The van der Waals surface area contributed by atoms with E-state index in [1.807, 2.05) is 30.0 Å². The molecule has 1 spiro atoms. The number of hydrogen-bond acceptors (Lipinski definition) is 5. The number of benzene rings is 1. The van der Waals surface area contributed by atoms with Crippen LogP contribution in [-0.2, 0) is 16.1 Å². The Kier molecular flexibility index (Phi) is 5.69. The van der Waals surface area contributed by atoms with Crippen molar-refractivity contribution in [3.05, 3.63) is 59.7 Å². The average molecular weight is 381 g/mol. The molecule has 0 aliphatic carbocycles. The molecule has 2 aliphatic rings. The van der Waals surface area contributed by atoms with Crippen LogP contribution in [-0.4, -0.2) is 52.2 Å². The van der Waals surface area contributed by atoms with E-state index >= 15 is 0 Å². The van der Waals surface area contributed by atoms with Crippen LogP contribution in [0.1, 0.15) is 47.4 Å². The Morgan fingerprint density at radius 1 is 1.21 bits per heavy atom. The van der Waals surface area contributed by atoms with E-state index in [9.17, 15) is 4.79 Å². The monoisotopic (exact) mass is 381 g/mol. The van der Waals surface area contributed by atoms with Gasteiger partial charge in [0.15, 0.2) is 0 Å². The van der Waals surface area contributed by atoms with E-state index in [0.29, 0.717) is 25.4 Å². The summed E-state index contributed by atoms with van der Waals surface area (Å²) in [7, 11) is 0. The van der Waals surface area contributed by atoms with Crippen LogP contribution < -0.4 is 0 Å². The number of piperidine rings is 1. The van der Waals surface area contributed by atoms with Gasteiger partial charge in [0.05, 0.1) is 30.2 Å². The summed E-state index contributed by atoms with van der Waals surface area (Å²) in [6, 6.07) is 10.3. The highest BCUT2D eigenvalue weighted by Gasteiger charge is 2.41. The third-order valence-electron chi connectivity index (χ3n) is 5.74. The lowest BCUT2D eigenvalue weighted by atomic mass is 9.83. The second-order valence-electron chi connectivity index (χ2n) is 7.78.